The summed E-state index contributed by atoms with van der Waals surface area (Å²) in [5.41, 5.74) is 1.22. The van der Waals surface area contributed by atoms with Crippen LogP contribution in [0.5, 0.6) is 0 Å². The van der Waals surface area contributed by atoms with Crippen molar-refractivity contribution in [3.63, 3.8) is 0 Å². The molecular weight excluding hydrogens is 304 g/mol. The number of esters is 1. The molecule has 1 aromatic heterocycles. The zero-order chi connectivity index (χ0) is 17.4. The Bertz CT molecular complexity index is 657. The molecule has 0 aliphatic rings. The van der Waals surface area contributed by atoms with Crippen LogP contribution in [0.25, 0.3) is 0 Å². The first-order chi connectivity index (χ1) is 11.6. The van der Waals surface area contributed by atoms with Crippen LogP contribution in [-0.4, -0.2) is 23.5 Å². The van der Waals surface area contributed by atoms with E-state index >= 15 is 0 Å². The van der Waals surface area contributed by atoms with Gasteiger partial charge in [0.25, 0.3) is 5.91 Å². The van der Waals surface area contributed by atoms with Gasteiger partial charge in [0.2, 0.25) is 0 Å². The molecule has 1 aromatic carbocycles. The molecule has 5 heteroatoms. The number of ether oxygens (including phenoxy) is 1. The predicted octanol–water partition coefficient (Wildman–Crippen LogP) is 3.14. The Morgan fingerprint density at radius 2 is 1.79 bits per heavy atom. The Morgan fingerprint density at radius 3 is 2.42 bits per heavy atom. The minimum Gasteiger partial charge on any atom is -0.451 e. The van der Waals surface area contributed by atoms with E-state index < -0.39 is 5.97 Å². The Balaban J connectivity index is 1.92. The van der Waals surface area contributed by atoms with Crippen LogP contribution in [0.2, 0.25) is 0 Å². The van der Waals surface area contributed by atoms with Gasteiger partial charge in [0, 0.05) is 6.20 Å². The number of carbonyl (C=O) groups excluding carboxylic acids is 2. The fourth-order valence-electron chi connectivity index (χ4n) is 2.36. The van der Waals surface area contributed by atoms with E-state index in [1.807, 2.05) is 30.3 Å². The third-order valence-electron chi connectivity index (χ3n) is 3.45. The maximum absolute atomic E-state index is 12.1. The molecule has 1 N–H and O–H groups in total. The number of pyridine rings is 1. The summed E-state index contributed by atoms with van der Waals surface area (Å²) in [5.74, 6) is -0.508. The number of amides is 1. The van der Waals surface area contributed by atoms with Gasteiger partial charge in [0.05, 0.1) is 6.04 Å². The number of aromatic nitrogens is 1. The van der Waals surface area contributed by atoms with Gasteiger partial charge in [0.15, 0.2) is 6.61 Å². The molecule has 1 amide bonds. The summed E-state index contributed by atoms with van der Waals surface area (Å²) in [5, 5.41) is 2.93. The predicted molar refractivity (Wildman–Crippen MR) is 91.3 cm³/mol. The lowest BCUT2D eigenvalue weighted by Gasteiger charge is -2.21. The van der Waals surface area contributed by atoms with Crippen molar-refractivity contribution >= 4 is 11.9 Å². The van der Waals surface area contributed by atoms with Gasteiger partial charge in [-0.3, -0.25) is 4.79 Å². The molecule has 126 valence electrons. The standard InChI is InChI=1S/C19H22N2O3/c1-14(2)12-17(15-8-4-3-5-9-15)21-18(22)13-24-19(23)16-10-6-7-11-20-16/h3-11,14,17H,12-13H2,1-2H3,(H,21,22)/t17-/m1/s1. The van der Waals surface area contributed by atoms with Crippen molar-refractivity contribution in [3.8, 4) is 0 Å². The summed E-state index contributed by atoms with van der Waals surface area (Å²) in [6.07, 6.45) is 2.31. The van der Waals surface area contributed by atoms with Gasteiger partial charge < -0.3 is 10.1 Å². The minimum absolute atomic E-state index is 0.104. The van der Waals surface area contributed by atoms with Crippen LogP contribution in [0.15, 0.2) is 54.7 Å². The number of carbonyl (C=O) groups is 2. The largest absolute Gasteiger partial charge is 0.451 e. The van der Waals surface area contributed by atoms with Crippen LogP contribution in [-0.2, 0) is 9.53 Å². The monoisotopic (exact) mass is 326 g/mol. The van der Waals surface area contributed by atoms with Crippen molar-refractivity contribution in [2.24, 2.45) is 5.92 Å². The molecule has 0 radical (unpaired) electrons. The Labute approximate surface area is 142 Å². The summed E-state index contributed by atoms with van der Waals surface area (Å²) in [4.78, 5) is 27.9. The van der Waals surface area contributed by atoms with Crippen LogP contribution in [0.1, 0.15) is 42.4 Å². The quantitative estimate of drug-likeness (QED) is 0.794. The van der Waals surface area contributed by atoms with Crippen LogP contribution in [0.4, 0.5) is 0 Å². The Morgan fingerprint density at radius 1 is 1.08 bits per heavy atom. The third-order valence-corrected chi connectivity index (χ3v) is 3.45. The smallest absolute Gasteiger partial charge is 0.357 e. The molecule has 24 heavy (non-hydrogen) atoms. The average Bonchev–Trinajstić information content (AvgIpc) is 2.60. The fourth-order valence-corrected chi connectivity index (χ4v) is 2.36. The first-order valence-electron chi connectivity index (χ1n) is 7.98. The van der Waals surface area contributed by atoms with E-state index in [1.54, 1.807) is 18.2 Å². The van der Waals surface area contributed by atoms with E-state index in [4.69, 9.17) is 4.74 Å². The first-order valence-corrected chi connectivity index (χ1v) is 7.98. The van der Waals surface area contributed by atoms with E-state index in [2.05, 4.69) is 24.1 Å². The maximum atomic E-state index is 12.1. The second-order valence-electron chi connectivity index (χ2n) is 5.95. The fraction of sp³-hybridized carbons (Fsp3) is 0.316. The molecule has 0 fully saturated rings. The number of hydrogen-bond donors (Lipinski definition) is 1. The third kappa shape index (κ3) is 5.50. The number of rotatable bonds is 7. The highest BCUT2D eigenvalue weighted by atomic mass is 16.5. The van der Waals surface area contributed by atoms with Crippen LogP contribution in [0.3, 0.4) is 0 Å². The average molecular weight is 326 g/mol. The molecule has 1 heterocycles. The molecule has 5 nitrogen and oxygen atoms in total. The highest BCUT2D eigenvalue weighted by Crippen LogP contribution is 2.20. The van der Waals surface area contributed by atoms with Gasteiger partial charge in [-0.25, -0.2) is 9.78 Å². The van der Waals surface area contributed by atoms with Crippen molar-refractivity contribution in [1.82, 2.24) is 10.3 Å². The van der Waals surface area contributed by atoms with Crippen molar-refractivity contribution in [3.05, 3.63) is 66.0 Å². The lowest BCUT2D eigenvalue weighted by Crippen LogP contribution is -2.33. The molecular formula is C19H22N2O3. The summed E-state index contributed by atoms with van der Waals surface area (Å²) in [6, 6.07) is 14.6. The van der Waals surface area contributed by atoms with Gasteiger partial charge in [-0.2, -0.15) is 0 Å². The van der Waals surface area contributed by atoms with Crippen LogP contribution < -0.4 is 5.32 Å². The van der Waals surface area contributed by atoms with Gasteiger partial charge in [-0.15, -0.1) is 0 Å². The second-order valence-corrected chi connectivity index (χ2v) is 5.95. The highest BCUT2D eigenvalue weighted by molar-refractivity contribution is 5.89. The van der Waals surface area contributed by atoms with Gasteiger partial charge in [0.1, 0.15) is 5.69 Å². The van der Waals surface area contributed by atoms with Crippen LogP contribution >= 0.6 is 0 Å². The van der Waals surface area contributed by atoms with Crippen molar-refractivity contribution in [2.75, 3.05) is 6.61 Å². The number of benzene rings is 1. The number of nitrogens with one attached hydrogen (secondary N) is 1. The number of hydrogen-bond acceptors (Lipinski definition) is 4. The van der Waals surface area contributed by atoms with E-state index in [1.165, 1.54) is 6.20 Å². The highest BCUT2D eigenvalue weighted by Gasteiger charge is 2.17. The van der Waals surface area contributed by atoms with E-state index in [0.717, 1.165) is 12.0 Å². The lowest BCUT2D eigenvalue weighted by atomic mass is 9.97. The normalized spacial score (nSPS) is 11.8. The van der Waals surface area contributed by atoms with E-state index in [9.17, 15) is 9.59 Å². The van der Waals surface area contributed by atoms with Crippen molar-refractivity contribution in [1.29, 1.82) is 0 Å². The first kappa shape index (κ1) is 17.7. The molecule has 0 unspecified atom stereocenters. The van der Waals surface area contributed by atoms with Gasteiger partial charge in [-0.05, 0) is 30.0 Å². The second kappa shape index (κ2) is 8.82. The number of nitrogens with zero attached hydrogens (tertiary/aromatic N) is 1. The molecule has 0 saturated carbocycles. The molecule has 0 bridgehead atoms. The SMILES string of the molecule is CC(C)C[C@@H](NC(=O)COC(=O)c1ccccn1)c1ccccc1. The molecule has 0 saturated heterocycles. The zero-order valence-electron chi connectivity index (χ0n) is 13.9. The summed E-state index contributed by atoms with van der Waals surface area (Å²) < 4.78 is 5.02. The molecule has 2 aromatic rings. The molecule has 0 aliphatic carbocycles. The Kier molecular flexibility index (Phi) is 6.49. The molecule has 0 aliphatic heterocycles. The van der Waals surface area contributed by atoms with Gasteiger partial charge in [-0.1, -0.05) is 50.2 Å². The van der Waals surface area contributed by atoms with Crippen LogP contribution in [0, 0.1) is 5.92 Å². The lowest BCUT2D eigenvalue weighted by molar-refractivity contribution is -0.125. The maximum Gasteiger partial charge on any atom is 0.357 e. The summed E-state index contributed by atoms with van der Waals surface area (Å²) >= 11 is 0. The Hall–Kier alpha value is -2.69. The molecule has 2 rings (SSSR count). The zero-order valence-corrected chi connectivity index (χ0v) is 13.9. The van der Waals surface area contributed by atoms with E-state index in [-0.39, 0.29) is 24.2 Å². The molecule has 1 atom stereocenters. The minimum atomic E-state index is -0.606. The van der Waals surface area contributed by atoms with Gasteiger partial charge >= 0.3 is 5.97 Å². The molecule has 0 spiro atoms. The summed E-state index contributed by atoms with van der Waals surface area (Å²) in [7, 11) is 0. The summed E-state index contributed by atoms with van der Waals surface area (Å²) in [6.45, 7) is 3.88. The van der Waals surface area contributed by atoms with Crippen molar-refractivity contribution in [2.45, 2.75) is 26.3 Å². The van der Waals surface area contributed by atoms with Crippen molar-refractivity contribution < 1.29 is 14.3 Å². The van der Waals surface area contributed by atoms with E-state index in [0.29, 0.717) is 5.92 Å². The topological polar surface area (TPSA) is 68.3 Å².